The summed E-state index contributed by atoms with van der Waals surface area (Å²) < 4.78 is 17.0. The van der Waals surface area contributed by atoms with Crippen LogP contribution in [0.15, 0.2) is 39.2 Å². The summed E-state index contributed by atoms with van der Waals surface area (Å²) in [6.07, 6.45) is 0. The number of carbonyl (C=O) groups is 1. The van der Waals surface area contributed by atoms with Gasteiger partial charge >= 0.3 is 5.97 Å². The Morgan fingerprint density at radius 1 is 1.24 bits per heavy atom. The van der Waals surface area contributed by atoms with Gasteiger partial charge in [-0.15, -0.1) is 0 Å². The van der Waals surface area contributed by atoms with E-state index in [1.54, 1.807) is 37.3 Å². The fourth-order valence-electron chi connectivity index (χ4n) is 2.51. The van der Waals surface area contributed by atoms with Crippen molar-refractivity contribution in [1.29, 1.82) is 0 Å². The smallest absolute Gasteiger partial charge is 0.342 e. The van der Waals surface area contributed by atoms with Gasteiger partial charge in [-0.25, -0.2) is 4.79 Å². The number of rotatable bonds is 4. The molecule has 0 saturated heterocycles. The van der Waals surface area contributed by atoms with Crippen molar-refractivity contribution in [3.63, 3.8) is 0 Å². The van der Waals surface area contributed by atoms with Gasteiger partial charge in [0.15, 0.2) is 0 Å². The van der Waals surface area contributed by atoms with Crippen LogP contribution in [0.4, 0.5) is 0 Å². The van der Waals surface area contributed by atoms with Crippen molar-refractivity contribution in [2.75, 3.05) is 7.11 Å². The molecule has 0 atom stereocenters. The number of methoxy groups -OCH3 is 1. The van der Waals surface area contributed by atoms with Crippen LogP contribution in [0.3, 0.4) is 0 Å². The Balaban J connectivity index is 1.99. The molecule has 0 saturated carbocycles. The van der Waals surface area contributed by atoms with Gasteiger partial charge < -0.3 is 13.9 Å². The number of benzene rings is 2. The molecule has 0 bridgehead atoms. The van der Waals surface area contributed by atoms with E-state index in [-0.39, 0.29) is 6.61 Å². The fraction of sp³-hybridized carbons (Fsp3) is 0.167. The van der Waals surface area contributed by atoms with Gasteiger partial charge in [0.2, 0.25) is 0 Å². The number of halogens is 3. The second-order valence-electron chi connectivity index (χ2n) is 5.29. The number of carbonyl (C=O) groups excluding carboxylic acids is 1. The van der Waals surface area contributed by atoms with Gasteiger partial charge in [0.1, 0.15) is 29.3 Å². The maximum atomic E-state index is 12.0. The van der Waals surface area contributed by atoms with Gasteiger partial charge in [0, 0.05) is 21.0 Å². The highest BCUT2D eigenvalue weighted by Gasteiger charge is 2.21. The minimum Gasteiger partial charge on any atom is -0.488 e. The maximum absolute atomic E-state index is 12.0. The first-order valence-corrected chi connectivity index (χ1v) is 8.84. The number of hydrogen-bond acceptors (Lipinski definition) is 4. The molecular weight excluding hydrogens is 431 g/mol. The van der Waals surface area contributed by atoms with Crippen molar-refractivity contribution in [2.24, 2.45) is 0 Å². The van der Waals surface area contributed by atoms with Crippen LogP contribution in [0.25, 0.3) is 11.0 Å². The zero-order valence-corrected chi connectivity index (χ0v) is 16.5. The molecule has 0 spiro atoms. The van der Waals surface area contributed by atoms with Crippen LogP contribution in [0, 0.1) is 6.92 Å². The average molecular weight is 444 g/mol. The van der Waals surface area contributed by atoms with E-state index < -0.39 is 5.97 Å². The third kappa shape index (κ3) is 3.50. The molecule has 0 unspecified atom stereocenters. The van der Waals surface area contributed by atoms with Gasteiger partial charge in [0.05, 0.1) is 11.6 Å². The third-order valence-corrected chi connectivity index (χ3v) is 5.07. The summed E-state index contributed by atoms with van der Waals surface area (Å²) in [5.41, 5.74) is 1.63. The summed E-state index contributed by atoms with van der Waals surface area (Å²) >= 11 is 15.8. The van der Waals surface area contributed by atoms with Gasteiger partial charge in [0.25, 0.3) is 0 Å². The Hall–Kier alpha value is -1.69. The quantitative estimate of drug-likeness (QED) is 0.452. The van der Waals surface area contributed by atoms with E-state index >= 15 is 0 Å². The lowest BCUT2D eigenvalue weighted by molar-refractivity contribution is 0.0601. The summed E-state index contributed by atoms with van der Waals surface area (Å²) in [4.78, 5) is 12.0. The number of fused-ring (bicyclic) bond motifs is 1. The van der Waals surface area contributed by atoms with Crippen molar-refractivity contribution in [1.82, 2.24) is 0 Å². The van der Waals surface area contributed by atoms with Crippen molar-refractivity contribution >= 4 is 56.1 Å². The predicted octanol–water partition coefficient (Wildman–Crippen LogP) is 6.18. The molecule has 3 rings (SSSR count). The lowest BCUT2D eigenvalue weighted by Gasteiger charge is -2.11. The summed E-state index contributed by atoms with van der Waals surface area (Å²) in [5.74, 6) is 0.563. The standard InChI is InChI=1S/C18H13BrCl2O4/c1-9-17(18(22)23-2)10-6-16(12(19)7-15(10)25-9)24-8-11-13(20)4-3-5-14(11)21/h3-7H,8H2,1-2H3. The lowest BCUT2D eigenvalue weighted by atomic mass is 10.1. The molecule has 4 nitrogen and oxygen atoms in total. The second kappa shape index (κ2) is 7.28. The number of hydrogen-bond donors (Lipinski definition) is 0. The molecule has 1 heterocycles. The van der Waals surface area contributed by atoms with E-state index in [2.05, 4.69) is 15.9 Å². The van der Waals surface area contributed by atoms with Crippen molar-refractivity contribution in [2.45, 2.75) is 13.5 Å². The zero-order valence-electron chi connectivity index (χ0n) is 13.4. The molecule has 7 heteroatoms. The van der Waals surface area contributed by atoms with Crippen LogP contribution in [-0.2, 0) is 11.3 Å². The van der Waals surface area contributed by atoms with Crippen molar-refractivity contribution < 1.29 is 18.7 Å². The van der Waals surface area contributed by atoms with Crippen LogP contribution in [0.5, 0.6) is 5.75 Å². The Morgan fingerprint density at radius 3 is 2.56 bits per heavy atom. The molecule has 2 aromatic carbocycles. The predicted molar refractivity (Wildman–Crippen MR) is 101 cm³/mol. The van der Waals surface area contributed by atoms with E-state index in [1.807, 2.05) is 0 Å². The Labute approximate surface area is 162 Å². The summed E-state index contributed by atoms with van der Waals surface area (Å²) in [6, 6.07) is 8.75. The molecule has 0 N–H and O–H groups in total. The topological polar surface area (TPSA) is 48.7 Å². The highest BCUT2D eigenvalue weighted by atomic mass is 79.9. The second-order valence-corrected chi connectivity index (χ2v) is 6.96. The molecular formula is C18H13BrCl2O4. The average Bonchev–Trinajstić information content (AvgIpc) is 2.88. The Kier molecular flexibility index (Phi) is 5.27. The van der Waals surface area contributed by atoms with Crippen LogP contribution in [0.1, 0.15) is 21.7 Å². The van der Waals surface area contributed by atoms with Crippen molar-refractivity contribution in [3.05, 3.63) is 61.7 Å². The zero-order chi connectivity index (χ0) is 18.1. The molecule has 0 amide bonds. The van der Waals surface area contributed by atoms with E-state index in [4.69, 9.17) is 37.1 Å². The van der Waals surface area contributed by atoms with Gasteiger partial charge in [-0.2, -0.15) is 0 Å². The maximum Gasteiger partial charge on any atom is 0.342 e. The van der Waals surface area contributed by atoms with Crippen LogP contribution < -0.4 is 4.74 Å². The van der Waals surface area contributed by atoms with E-state index in [0.29, 0.717) is 48.1 Å². The monoisotopic (exact) mass is 442 g/mol. The van der Waals surface area contributed by atoms with Crippen molar-refractivity contribution in [3.8, 4) is 5.75 Å². The van der Waals surface area contributed by atoms with E-state index in [1.165, 1.54) is 7.11 Å². The van der Waals surface area contributed by atoms with Crippen LogP contribution in [0.2, 0.25) is 10.0 Å². The summed E-state index contributed by atoms with van der Waals surface area (Å²) in [7, 11) is 1.33. The van der Waals surface area contributed by atoms with Gasteiger partial charge in [-0.1, -0.05) is 29.3 Å². The Bertz CT molecular complexity index is 945. The largest absolute Gasteiger partial charge is 0.488 e. The van der Waals surface area contributed by atoms with E-state index in [0.717, 1.165) is 0 Å². The molecule has 0 fully saturated rings. The molecule has 0 aliphatic rings. The molecule has 130 valence electrons. The summed E-state index contributed by atoms with van der Waals surface area (Å²) in [6.45, 7) is 1.90. The first kappa shape index (κ1) is 18.1. The number of furan rings is 1. The SMILES string of the molecule is COC(=O)c1c(C)oc2cc(Br)c(OCc3c(Cl)cccc3Cl)cc12. The first-order valence-electron chi connectivity index (χ1n) is 7.29. The number of esters is 1. The minimum absolute atomic E-state index is 0.188. The van der Waals surface area contributed by atoms with Gasteiger partial charge in [-0.05, 0) is 47.1 Å². The highest BCUT2D eigenvalue weighted by Crippen LogP contribution is 2.36. The number of aryl methyl sites for hydroxylation is 1. The minimum atomic E-state index is -0.460. The lowest BCUT2D eigenvalue weighted by Crippen LogP contribution is -2.02. The molecule has 0 aliphatic carbocycles. The molecule has 1 aromatic heterocycles. The normalized spacial score (nSPS) is 10.9. The van der Waals surface area contributed by atoms with Gasteiger partial charge in [-0.3, -0.25) is 0 Å². The van der Waals surface area contributed by atoms with Crippen LogP contribution in [-0.4, -0.2) is 13.1 Å². The molecule has 25 heavy (non-hydrogen) atoms. The Morgan fingerprint density at radius 2 is 1.92 bits per heavy atom. The number of ether oxygens (including phenoxy) is 2. The molecule has 3 aromatic rings. The highest BCUT2D eigenvalue weighted by molar-refractivity contribution is 9.10. The summed E-state index contributed by atoms with van der Waals surface area (Å²) in [5, 5.41) is 1.67. The molecule has 0 radical (unpaired) electrons. The first-order chi connectivity index (χ1) is 11.9. The van der Waals surface area contributed by atoms with Crippen LogP contribution >= 0.6 is 39.1 Å². The fourth-order valence-corrected chi connectivity index (χ4v) is 3.45. The van der Waals surface area contributed by atoms with E-state index in [9.17, 15) is 4.79 Å². The third-order valence-electron chi connectivity index (χ3n) is 3.74. The molecule has 0 aliphatic heterocycles.